The first-order valence-electron chi connectivity index (χ1n) is 5.86. The summed E-state index contributed by atoms with van der Waals surface area (Å²) in [5, 5.41) is 0. The van der Waals surface area contributed by atoms with E-state index in [1.54, 1.807) is 12.1 Å². The van der Waals surface area contributed by atoms with E-state index in [0.717, 1.165) is 18.4 Å². The molecule has 2 nitrogen and oxygen atoms in total. The number of nitrogens with two attached hydrogens (primary N) is 1. The second-order valence-electron chi connectivity index (χ2n) is 4.71. The Morgan fingerprint density at radius 1 is 1.17 bits per heavy atom. The molecule has 0 aliphatic heterocycles. The molecule has 0 amide bonds. The van der Waals surface area contributed by atoms with Gasteiger partial charge in [0.25, 0.3) is 0 Å². The largest absolute Gasteiger partial charge is 0.573 e. The van der Waals surface area contributed by atoms with Crippen LogP contribution in [0.5, 0.6) is 5.75 Å². The lowest BCUT2D eigenvalue weighted by Crippen LogP contribution is -2.19. The minimum atomic E-state index is -4.64. The van der Waals surface area contributed by atoms with Gasteiger partial charge in [0, 0.05) is 6.04 Å². The molecule has 0 heterocycles. The summed E-state index contributed by atoms with van der Waals surface area (Å²) >= 11 is 0. The molecule has 0 saturated carbocycles. The highest BCUT2D eigenvalue weighted by Crippen LogP contribution is 2.23. The van der Waals surface area contributed by atoms with Crippen molar-refractivity contribution in [1.82, 2.24) is 0 Å². The van der Waals surface area contributed by atoms with Crippen LogP contribution in [0, 0.1) is 5.92 Å². The van der Waals surface area contributed by atoms with Crippen molar-refractivity contribution in [3.05, 3.63) is 29.8 Å². The molecule has 18 heavy (non-hydrogen) atoms. The van der Waals surface area contributed by atoms with Crippen molar-refractivity contribution in [2.24, 2.45) is 11.7 Å². The van der Waals surface area contributed by atoms with Crippen LogP contribution >= 0.6 is 0 Å². The molecule has 2 atom stereocenters. The fraction of sp³-hybridized carbons (Fsp3) is 0.538. The molecule has 0 aliphatic rings. The highest BCUT2D eigenvalue weighted by molar-refractivity contribution is 5.27. The van der Waals surface area contributed by atoms with Gasteiger partial charge in [-0.05, 0) is 43.4 Å². The first kappa shape index (κ1) is 14.8. The van der Waals surface area contributed by atoms with Gasteiger partial charge < -0.3 is 10.5 Å². The Kier molecular flexibility index (Phi) is 5.02. The molecular weight excluding hydrogens is 243 g/mol. The number of hydrogen-bond donors (Lipinski definition) is 1. The van der Waals surface area contributed by atoms with E-state index in [-0.39, 0.29) is 11.8 Å². The van der Waals surface area contributed by atoms with Crippen LogP contribution in [0.15, 0.2) is 24.3 Å². The zero-order chi connectivity index (χ0) is 13.8. The van der Waals surface area contributed by atoms with Crippen molar-refractivity contribution in [3.8, 4) is 5.75 Å². The van der Waals surface area contributed by atoms with Crippen LogP contribution in [0.3, 0.4) is 0 Å². The lowest BCUT2D eigenvalue weighted by Gasteiger charge is -2.14. The van der Waals surface area contributed by atoms with Crippen molar-refractivity contribution < 1.29 is 17.9 Å². The van der Waals surface area contributed by atoms with Crippen LogP contribution in [0.1, 0.15) is 25.8 Å². The Morgan fingerprint density at radius 2 is 1.72 bits per heavy atom. The fourth-order valence-corrected chi connectivity index (χ4v) is 1.95. The fourth-order valence-electron chi connectivity index (χ4n) is 1.95. The standard InChI is InChI=1S/C13H18F3NO/c1-9(7-10(2)17)8-11-3-5-12(6-4-11)18-13(14,15)16/h3-6,9-10H,7-8,17H2,1-2H3. The smallest absolute Gasteiger partial charge is 0.406 e. The topological polar surface area (TPSA) is 35.2 Å². The van der Waals surface area contributed by atoms with Crippen molar-refractivity contribution in [3.63, 3.8) is 0 Å². The van der Waals surface area contributed by atoms with Gasteiger partial charge in [-0.2, -0.15) is 0 Å². The number of halogens is 3. The maximum absolute atomic E-state index is 12.0. The number of benzene rings is 1. The van der Waals surface area contributed by atoms with E-state index in [1.807, 2.05) is 6.92 Å². The van der Waals surface area contributed by atoms with Crippen molar-refractivity contribution in [1.29, 1.82) is 0 Å². The zero-order valence-electron chi connectivity index (χ0n) is 10.5. The quantitative estimate of drug-likeness (QED) is 0.880. The van der Waals surface area contributed by atoms with E-state index in [9.17, 15) is 13.2 Å². The van der Waals surface area contributed by atoms with E-state index < -0.39 is 6.36 Å². The third-order valence-corrected chi connectivity index (χ3v) is 2.52. The summed E-state index contributed by atoms with van der Waals surface area (Å²) < 4.78 is 39.7. The third-order valence-electron chi connectivity index (χ3n) is 2.52. The Bertz CT molecular complexity index is 359. The SMILES string of the molecule is CC(N)CC(C)Cc1ccc(OC(F)(F)F)cc1. The lowest BCUT2D eigenvalue weighted by molar-refractivity contribution is -0.274. The minimum absolute atomic E-state index is 0.132. The highest BCUT2D eigenvalue weighted by atomic mass is 19.4. The van der Waals surface area contributed by atoms with Crippen LogP contribution in [0.4, 0.5) is 13.2 Å². The van der Waals surface area contributed by atoms with E-state index >= 15 is 0 Å². The first-order chi connectivity index (χ1) is 8.26. The third kappa shape index (κ3) is 5.91. The molecule has 1 aromatic rings. The van der Waals surface area contributed by atoms with Gasteiger partial charge in [0.1, 0.15) is 5.75 Å². The monoisotopic (exact) mass is 261 g/mol. The molecular formula is C13H18F3NO. The van der Waals surface area contributed by atoms with Crippen LogP contribution < -0.4 is 10.5 Å². The van der Waals surface area contributed by atoms with E-state index in [2.05, 4.69) is 11.7 Å². The number of hydrogen-bond acceptors (Lipinski definition) is 2. The summed E-state index contributed by atoms with van der Waals surface area (Å²) in [6.45, 7) is 4.01. The molecule has 0 spiro atoms. The molecule has 1 rings (SSSR count). The van der Waals surface area contributed by atoms with E-state index in [4.69, 9.17) is 5.73 Å². The number of rotatable bonds is 5. The lowest BCUT2D eigenvalue weighted by atomic mass is 9.95. The van der Waals surface area contributed by atoms with Gasteiger partial charge in [-0.1, -0.05) is 19.1 Å². The minimum Gasteiger partial charge on any atom is -0.406 e. The summed E-state index contributed by atoms with van der Waals surface area (Å²) in [5.41, 5.74) is 6.68. The molecule has 0 bridgehead atoms. The first-order valence-corrected chi connectivity index (χ1v) is 5.86. The molecule has 0 saturated heterocycles. The van der Waals surface area contributed by atoms with Crippen molar-refractivity contribution >= 4 is 0 Å². The predicted octanol–water partition coefficient (Wildman–Crippen LogP) is 3.50. The molecule has 1 aromatic carbocycles. The van der Waals surface area contributed by atoms with Gasteiger partial charge in [0.15, 0.2) is 0 Å². The molecule has 102 valence electrons. The van der Waals surface area contributed by atoms with Gasteiger partial charge in [0.2, 0.25) is 0 Å². The Morgan fingerprint density at radius 3 is 2.17 bits per heavy atom. The van der Waals surface area contributed by atoms with E-state index in [1.165, 1.54) is 12.1 Å². The Balaban J connectivity index is 2.55. The van der Waals surface area contributed by atoms with Gasteiger partial charge in [-0.15, -0.1) is 13.2 Å². The molecule has 2 N–H and O–H groups in total. The predicted molar refractivity (Wildman–Crippen MR) is 64.3 cm³/mol. The van der Waals surface area contributed by atoms with Gasteiger partial charge in [-0.3, -0.25) is 0 Å². The molecule has 0 radical (unpaired) electrons. The highest BCUT2D eigenvalue weighted by Gasteiger charge is 2.30. The molecule has 0 fully saturated rings. The zero-order valence-corrected chi connectivity index (χ0v) is 10.5. The second kappa shape index (κ2) is 6.09. The summed E-state index contributed by atoms with van der Waals surface area (Å²) in [4.78, 5) is 0. The Labute approximate surface area is 105 Å². The Hall–Kier alpha value is -1.23. The average Bonchev–Trinajstić information content (AvgIpc) is 2.17. The molecule has 0 aliphatic carbocycles. The van der Waals surface area contributed by atoms with Crippen LogP contribution in [-0.4, -0.2) is 12.4 Å². The van der Waals surface area contributed by atoms with Crippen LogP contribution in [-0.2, 0) is 6.42 Å². The maximum Gasteiger partial charge on any atom is 0.573 e. The maximum atomic E-state index is 12.0. The summed E-state index contributed by atoms with van der Waals surface area (Å²) in [7, 11) is 0. The van der Waals surface area contributed by atoms with Crippen LogP contribution in [0.2, 0.25) is 0 Å². The summed E-state index contributed by atoms with van der Waals surface area (Å²) in [6.07, 6.45) is -2.95. The second-order valence-corrected chi connectivity index (χ2v) is 4.71. The molecule has 5 heteroatoms. The van der Waals surface area contributed by atoms with Gasteiger partial charge >= 0.3 is 6.36 Å². The van der Waals surface area contributed by atoms with E-state index in [0.29, 0.717) is 5.92 Å². The summed E-state index contributed by atoms with van der Waals surface area (Å²) in [5.74, 6) is 0.213. The van der Waals surface area contributed by atoms with Crippen LogP contribution in [0.25, 0.3) is 0 Å². The summed E-state index contributed by atoms with van der Waals surface area (Å²) in [6, 6.07) is 6.10. The number of ether oxygens (including phenoxy) is 1. The molecule has 0 aromatic heterocycles. The van der Waals surface area contributed by atoms with Crippen molar-refractivity contribution in [2.75, 3.05) is 0 Å². The number of alkyl halides is 3. The van der Waals surface area contributed by atoms with Gasteiger partial charge in [0.05, 0.1) is 0 Å². The normalized spacial score (nSPS) is 15.2. The molecule has 2 unspecified atom stereocenters. The average molecular weight is 261 g/mol. The van der Waals surface area contributed by atoms with Crippen molar-refractivity contribution in [2.45, 2.75) is 39.1 Å². The van der Waals surface area contributed by atoms with Gasteiger partial charge in [-0.25, -0.2) is 0 Å².